The zero-order valence-electron chi connectivity index (χ0n) is 16.6. The van der Waals surface area contributed by atoms with Crippen molar-refractivity contribution in [3.63, 3.8) is 0 Å². The number of fused-ring (bicyclic) bond motifs is 1. The van der Waals surface area contributed by atoms with Crippen LogP contribution >= 0.6 is 0 Å². The number of likely N-dealkylation sites (tertiary alicyclic amines) is 1. The van der Waals surface area contributed by atoms with Gasteiger partial charge in [0.1, 0.15) is 11.1 Å². The lowest BCUT2D eigenvalue weighted by Gasteiger charge is -2.32. The standard InChI is InChI=1S/C24H23NO5/c26-22(25-12-10-18(11-13-25)14-17-6-2-1-3-7-17)16-29-23(27)20-15-19-8-4-5-9-21(19)30-24(20)28/h1-9,15,18H,10-14,16H2. The van der Waals surface area contributed by atoms with Crippen LogP contribution in [-0.4, -0.2) is 36.5 Å². The second-order valence-corrected chi connectivity index (χ2v) is 7.58. The van der Waals surface area contributed by atoms with Crippen LogP contribution in [0.5, 0.6) is 0 Å². The van der Waals surface area contributed by atoms with Gasteiger partial charge in [0.05, 0.1) is 0 Å². The molecule has 0 spiro atoms. The van der Waals surface area contributed by atoms with Gasteiger partial charge >= 0.3 is 11.6 Å². The Bertz CT molecular complexity index is 1100. The molecule has 0 bridgehead atoms. The van der Waals surface area contributed by atoms with E-state index in [1.54, 1.807) is 29.2 Å². The highest BCUT2D eigenvalue weighted by atomic mass is 16.5. The predicted octanol–water partition coefficient (Wildman–Crippen LogP) is 3.43. The number of carbonyl (C=O) groups is 2. The molecule has 4 rings (SSSR count). The van der Waals surface area contributed by atoms with Gasteiger partial charge in [-0.15, -0.1) is 0 Å². The Labute approximate surface area is 174 Å². The van der Waals surface area contributed by atoms with Gasteiger partial charge in [-0.25, -0.2) is 9.59 Å². The first-order chi connectivity index (χ1) is 14.6. The fourth-order valence-corrected chi connectivity index (χ4v) is 3.83. The normalized spacial score (nSPS) is 14.6. The molecule has 1 saturated heterocycles. The zero-order valence-corrected chi connectivity index (χ0v) is 16.6. The lowest BCUT2D eigenvalue weighted by atomic mass is 9.90. The number of rotatable bonds is 5. The van der Waals surface area contributed by atoms with Crippen molar-refractivity contribution in [2.75, 3.05) is 19.7 Å². The molecule has 2 aromatic carbocycles. The van der Waals surface area contributed by atoms with Crippen LogP contribution in [0.3, 0.4) is 0 Å². The highest BCUT2D eigenvalue weighted by Crippen LogP contribution is 2.22. The summed E-state index contributed by atoms with van der Waals surface area (Å²) in [7, 11) is 0. The Kier molecular flexibility index (Phi) is 5.93. The number of ether oxygens (including phenoxy) is 1. The number of carbonyl (C=O) groups excluding carboxylic acids is 2. The number of hydrogen-bond donors (Lipinski definition) is 0. The molecule has 154 valence electrons. The van der Waals surface area contributed by atoms with Gasteiger partial charge in [-0.3, -0.25) is 4.79 Å². The van der Waals surface area contributed by atoms with Crippen LogP contribution in [0.15, 0.2) is 69.9 Å². The molecule has 1 aliphatic heterocycles. The lowest BCUT2D eigenvalue weighted by Crippen LogP contribution is -2.41. The molecular weight excluding hydrogens is 382 g/mol. The van der Waals surface area contributed by atoms with Crippen molar-refractivity contribution in [3.05, 3.63) is 82.2 Å². The monoisotopic (exact) mass is 405 g/mol. The Morgan fingerprint density at radius 3 is 2.47 bits per heavy atom. The zero-order chi connectivity index (χ0) is 20.9. The molecule has 0 radical (unpaired) electrons. The number of esters is 1. The number of nitrogens with zero attached hydrogens (tertiary/aromatic N) is 1. The maximum atomic E-state index is 12.4. The summed E-state index contributed by atoms with van der Waals surface area (Å²) in [5.74, 6) is -0.547. The first-order valence-electron chi connectivity index (χ1n) is 10.1. The highest BCUT2D eigenvalue weighted by Gasteiger charge is 2.24. The molecular formula is C24H23NO5. The largest absolute Gasteiger partial charge is 0.452 e. The minimum atomic E-state index is -0.846. The van der Waals surface area contributed by atoms with Gasteiger partial charge in [-0.05, 0) is 42.9 Å². The van der Waals surface area contributed by atoms with Crippen molar-refractivity contribution in [1.82, 2.24) is 4.90 Å². The van der Waals surface area contributed by atoms with E-state index in [9.17, 15) is 14.4 Å². The maximum Gasteiger partial charge on any atom is 0.351 e. The summed E-state index contributed by atoms with van der Waals surface area (Å²) in [5.41, 5.74) is 0.731. The van der Waals surface area contributed by atoms with Crippen LogP contribution in [0.2, 0.25) is 0 Å². The SMILES string of the molecule is O=C(OCC(=O)N1CCC(Cc2ccccc2)CC1)c1cc2ccccc2oc1=O. The predicted molar refractivity (Wildman–Crippen MR) is 112 cm³/mol. The van der Waals surface area contributed by atoms with E-state index in [1.807, 2.05) is 18.2 Å². The van der Waals surface area contributed by atoms with E-state index < -0.39 is 11.6 Å². The number of para-hydroxylation sites is 1. The van der Waals surface area contributed by atoms with E-state index in [0.29, 0.717) is 30.0 Å². The van der Waals surface area contributed by atoms with Crippen molar-refractivity contribution in [3.8, 4) is 0 Å². The summed E-state index contributed by atoms with van der Waals surface area (Å²) in [6, 6.07) is 18.7. The lowest BCUT2D eigenvalue weighted by molar-refractivity contribution is -0.135. The molecule has 1 amide bonds. The molecule has 1 aromatic heterocycles. The quantitative estimate of drug-likeness (QED) is 0.480. The van der Waals surface area contributed by atoms with E-state index in [0.717, 1.165) is 19.3 Å². The number of benzene rings is 2. The third kappa shape index (κ3) is 4.59. The first kappa shape index (κ1) is 19.9. The van der Waals surface area contributed by atoms with E-state index >= 15 is 0 Å². The molecule has 30 heavy (non-hydrogen) atoms. The van der Waals surface area contributed by atoms with Gasteiger partial charge in [-0.2, -0.15) is 0 Å². The Hall–Kier alpha value is -3.41. The van der Waals surface area contributed by atoms with E-state index in [2.05, 4.69) is 12.1 Å². The second-order valence-electron chi connectivity index (χ2n) is 7.58. The summed E-state index contributed by atoms with van der Waals surface area (Å²) in [6.07, 6.45) is 2.85. The Morgan fingerprint density at radius 1 is 1.00 bits per heavy atom. The fourth-order valence-electron chi connectivity index (χ4n) is 3.83. The van der Waals surface area contributed by atoms with Gasteiger partial charge in [-0.1, -0.05) is 48.5 Å². The van der Waals surface area contributed by atoms with E-state index in [1.165, 1.54) is 11.6 Å². The van der Waals surface area contributed by atoms with Crippen molar-refractivity contribution in [2.24, 2.45) is 5.92 Å². The molecule has 6 nitrogen and oxygen atoms in total. The number of hydrogen-bond acceptors (Lipinski definition) is 5. The number of amides is 1. The topological polar surface area (TPSA) is 76.8 Å². The van der Waals surface area contributed by atoms with Gasteiger partial charge in [0.25, 0.3) is 5.91 Å². The van der Waals surface area contributed by atoms with Gasteiger partial charge < -0.3 is 14.1 Å². The average Bonchev–Trinajstić information content (AvgIpc) is 2.78. The van der Waals surface area contributed by atoms with Crippen LogP contribution in [0.4, 0.5) is 0 Å². The molecule has 3 aromatic rings. The third-order valence-electron chi connectivity index (χ3n) is 5.52. The molecule has 0 atom stereocenters. The van der Waals surface area contributed by atoms with Crippen LogP contribution in [0.25, 0.3) is 11.0 Å². The Balaban J connectivity index is 1.29. The summed E-state index contributed by atoms with van der Waals surface area (Å²) >= 11 is 0. The van der Waals surface area contributed by atoms with Crippen molar-refractivity contribution < 1.29 is 18.7 Å². The summed E-state index contributed by atoms with van der Waals surface area (Å²) in [4.78, 5) is 38.5. The minimum absolute atomic E-state index is 0.205. The summed E-state index contributed by atoms with van der Waals surface area (Å²) < 4.78 is 10.3. The fraction of sp³-hybridized carbons (Fsp3) is 0.292. The van der Waals surface area contributed by atoms with Crippen molar-refractivity contribution in [2.45, 2.75) is 19.3 Å². The van der Waals surface area contributed by atoms with E-state index in [-0.39, 0.29) is 18.1 Å². The minimum Gasteiger partial charge on any atom is -0.452 e. The molecule has 1 fully saturated rings. The summed E-state index contributed by atoms with van der Waals surface area (Å²) in [5, 5.41) is 0.621. The van der Waals surface area contributed by atoms with Crippen LogP contribution in [0, 0.1) is 5.92 Å². The van der Waals surface area contributed by atoms with Crippen LogP contribution in [-0.2, 0) is 16.0 Å². The second kappa shape index (κ2) is 8.95. The molecule has 0 saturated carbocycles. The Morgan fingerprint density at radius 2 is 1.70 bits per heavy atom. The van der Waals surface area contributed by atoms with Crippen LogP contribution < -0.4 is 5.63 Å². The molecule has 6 heteroatoms. The first-order valence-corrected chi connectivity index (χ1v) is 10.1. The molecule has 2 heterocycles. The molecule has 0 unspecified atom stereocenters. The van der Waals surface area contributed by atoms with Crippen molar-refractivity contribution >= 4 is 22.8 Å². The molecule has 0 aliphatic carbocycles. The summed E-state index contributed by atoms with van der Waals surface area (Å²) in [6.45, 7) is 0.909. The maximum absolute atomic E-state index is 12.4. The van der Waals surface area contributed by atoms with Crippen molar-refractivity contribution in [1.29, 1.82) is 0 Å². The third-order valence-corrected chi connectivity index (χ3v) is 5.52. The molecule has 0 N–H and O–H groups in total. The number of piperidine rings is 1. The molecule has 1 aliphatic rings. The van der Waals surface area contributed by atoms with Gasteiger partial charge in [0.15, 0.2) is 6.61 Å². The highest BCUT2D eigenvalue weighted by molar-refractivity contribution is 5.94. The van der Waals surface area contributed by atoms with Gasteiger partial charge in [0, 0.05) is 18.5 Å². The van der Waals surface area contributed by atoms with E-state index in [4.69, 9.17) is 9.15 Å². The van der Waals surface area contributed by atoms with Crippen LogP contribution in [0.1, 0.15) is 28.8 Å². The smallest absolute Gasteiger partial charge is 0.351 e. The average molecular weight is 405 g/mol. The van der Waals surface area contributed by atoms with Gasteiger partial charge in [0.2, 0.25) is 0 Å².